The summed E-state index contributed by atoms with van der Waals surface area (Å²) in [5.41, 5.74) is 4.27. The molecule has 5 nitrogen and oxygen atoms in total. The molecule has 0 aliphatic carbocycles. The molecule has 0 aliphatic rings. The minimum Gasteiger partial charge on any atom is -0.496 e. The highest BCUT2D eigenvalue weighted by atomic mass is 79.9. The molecule has 1 amide bonds. The normalized spacial score (nSPS) is 10.2. The summed E-state index contributed by atoms with van der Waals surface area (Å²) in [7, 11) is 1.56. The molecule has 0 heterocycles. The number of ether oxygens (including phenoxy) is 1. The number of halogens is 1. The number of nitrogens with one attached hydrogen (secondary N) is 1. The first-order chi connectivity index (χ1) is 10.6. The third-order valence-electron chi connectivity index (χ3n) is 2.83. The van der Waals surface area contributed by atoms with Crippen molar-refractivity contribution in [3.05, 3.63) is 63.6 Å². The van der Waals surface area contributed by atoms with Gasteiger partial charge in [-0.15, -0.1) is 0 Å². The highest BCUT2D eigenvalue weighted by Crippen LogP contribution is 2.25. The van der Waals surface area contributed by atoms with Gasteiger partial charge in [-0.1, -0.05) is 12.1 Å². The van der Waals surface area contributed by atoms with Gasteiger partial charge < -0.3 is 4.74 Å². The smallest absolute Gasteiger partial charge is 0.271 e. The molecule has 0 aromatic heterocycles. The average molecular weight is 358 g/mol. The number of benzene rings is 2. The highest BCUT2D eigenvalue weighted by Gasteiger charge is 2.07. The lowest BCUT2D eigenvalue weighted by Crippen LogP contribution is -2.17. The molecule has 2 aromatic carbocycles. The van der Waals surface area contributed by atoms with Crippen molar-refractivity contribution >= 4 is 28.1 Å². The minimum absolute atomic E-state index is 0.326. The first-order valence-corrected chi connectivity index (χ1v) is 7.10. The van der Waals surface area contributed by atoms with Crippen molar-refractivity contribution in [2.75, 3.05) is 7.11 Å². The van der Waals surface area contributed by atoms with Crippen molar-refractivity contribution in [3.63, 3.8) is 0 Å². The monoisotopic (exact) mass is 357 g/mol. The Morgan fingerprint density at radius 1 is 1.32 bits per heavy atom. The molecule has 110 valence electrons. The zero-order chi connectivity index (χ0) is 15.9. The van der Waals surface area contributed by atoms with Gasteiger partial charge in [0.15, 0.2) is 0 Å². The van der Waals surface area contributed by atoms with E-state index in [0.29, 0.717) is 21.3 Å². The van der Waals surface area contributed by atoms with Crippen LogP contribution in [-0.4, -0.2) is 19.2 Å². The number of amides is 1. The predicted octanol–water partition coefficient (Wildman–Crippen LogP) is 3.09. The summed E-state index contributed by atoms with van der Waals surface area (Å²) in [6.07, 6.45) is 1.51. The largest absolute Gasteiger partial charge is 0.496 e. The first kappa shape index (κ1) is 15.7. The van der Waals surface area contributed by atoms with Crippen LogP contribution in [0.5, 0.6) is 5.75 Å². The zero-order valence-corrected chi connectivity index (χ0v) is 13.3. The maximum Gasteiger partial charge on any atom is 0.271 e. The number of carbonyl (C=O) groups excluding carboxylic acids is 1. The number of methoxy groups -OCH3 is 1. The van der Waals surface area contributed by atoms with Crippen LogP contribution in [0.15, 0.2) is 52.0 Å². The lowest BCUT2D eigenvalue weighted by molar-refractivity contribution is 0.0955. The van der Waals surface area contributed by atoms with Gasteiger partial charge in [0.05, 0.1) is 29.4 Å². The van der Waals surface area contributed by atoms with E-state index < -0.39 is 0 Å². The molecule has 0 atom stereocenters. The number of hydrazone groups is 1. The van der Waals surface area contributed by atoms with Gasteiger partial charge in [0.25, 0.3) is 5.91 Å². The number of hydrogen-bond donors (Lipinski definition) is 1. The van der Waals surface area contributed by atoms with E-state index in [1.807, 2.05) is 6.07 Å². The van der Waals surface area contributed by atoms with Crippen LogP contribution >= 0.6 is 15.9 Å². The minimum atomic E-state index is -0.326. The third kappa shape index (κ3) is 3.93. The Labute approximate surface area is 136 Å². The Bertz CT molecular complexity index is 749. The molecule has 0 saturated carbocycles. The predicted molar refractivity (Wildman–Crippen MR) is 86.9 cm³/mol. The number of nitriles is 1. The van der Waals surface area contributed by atoms with Crippen LogP contribution in [0.25, 0.3) is 0 Å². The molecule has 1 N–H and O–H groups in total. The molecule has 0 fully saturated rings. The van der Waals surface area contributed by atoms with Crippen LogP contribution < -0.4 is 10.2 Å². The molecule has 0 aliphatic heterocycles. The molecular weight excluding hydrogens is 346 g/mol. The molecule has 22 heavy (non-hydrogen) atoms. The van der Waals surface area contributed by atoms with Crippen molar-refractivity contribution in [2.45, 2.75) is 0 Å². The Kier molecular flexibility index (Phi) is 5.28. The summed E-state index contributed by atoms with van der Waals surface area (Å²) in [5, 5.41) is 12.6. The molecule has 0 bridgehead atoms. The summed E-state index contributed by atoms with van der Waals surface area (Å²) < 4.78 is 5.80. The maximum atomic E-state index is 12.0. The molecule has 0 spiro atoms. The van der Waals surface area contributed by atoms with E-state index in [0.717, 1.165) is 5.56 Å². The number of nitrogens with zero attached hydrogens (tertiary/aromatic N) is 2. The fourth-order valence-corrected chi connectivity index (χ4v) is 2.22. The van der Waals surface area contributed by atoms with Crippen LogP contribution in [0.1, 0.15) is 21.5 Å². The Balaban J connectivity index is 2.01. The van der Waals surface area contributed by atoms with Crippen molar-refractivity contribution < 1.29 is 9.53 Å². The van der Waals surface area contributed by atoms with Gasteiger partial charge in [-0.05, 0) is 51.8 Å². The Hall–Kier alpha value is -2.65. The van der Waals surface area contributed by atoms with Gasteiger partial charge in [0, 0.05) is 5.56 Å². The summed E-state index contributed by atoms with van der Waals surface area (Å²) in [5.74, 6) is 0.325. The Morgan fingerprint density at radius 3 is 2.64 bits per heavy atom. The van der Waals surface area contributed by atoms with Gasteiger partial charge in [-0.25, -0.2) is 5.43 Å². The van der Waals surface area contributed by atoms with Gasteiger partial charge >= 0.3 is 0 Å². The summed E-state index contributed by atoms with van der Waals surface area (Å²) in [6.45, 7) is 0. The van der Waals surface area contributed by atoms with E-state index in [1.165, 1.54) is 6.21 Å². The van der Waals surface area contributed by atoms with E-state index in [1.54, 1.807) is 49.6 Å². The number of hydrogen-bond acceptors (Lipinski definition) is 4. The maximum absolute atomic E-state index is 12.0. The molecule has 0 unspecified atom stereocenters. The van der Waals surface area contributed by atoms with E-state index in [9.17, 15) is 4.79 Å². The average Bonchev–Trinajstić information content (AvgIpc) is 2.55. The van der Waals surface area contributed by atoms with E-state index in [-0.39, 0.29) is 5.91 Å². The van der Waals surface area contributed by atoms with Crippen LogP contribution in [0.2, 0.25) is 0 Å². The first-order valence-electron chi connectivity index (χ1n) is 6.31. The van der Waals surface area contributed by atoms with Crippen molar-refractivity contribution in [3.8, 4) is 11.8 Å². The topological polar surface area (TPSA) is 74.5 Å². The van der Waals surface area contributed by atoms with Crippen LogP contribution in [-0.2, 0) is 0 Å². The Morgan fingerprint density at radius 2 is 2.05 bits per heavy atom. The quantitative estimate of drug-likeness (QED) is 0.674. The zero-order valence-electron chi connectivity index (χ0n) is 11.7. The fraction of sp³-hybridized carbons (Fsp3) is 0.0625. The SMILES string of the molecule is COc1ccc(C(=O)NN=Cc2ccc(C#N)cc2)cc1Br. The second-order valence-corrected chi connectivity index (χ2v) is 5.14. The van der Waals surface area contributed by atoms with Gasteiger partial charge in [0.1, 0.15) is 5.75 Å². The molecule has 2 rings (SSSR count). The molecule has 0 saturated heterocycles. The van der Waals surface area contributed by atoms with E-state index in [4.69, 9.17) is 10.00 Å². The molecular formula is C16H12BrN3O2. The molecule has 0 radical (unpaired) electrons. The van der Waals surface area contributed by atoms with Crippen molar-refractivity contribution in [1.82, 2.24) is 5.43 Å². The summed E-state index contributed by atoms with van der Waals surface area (Å²) in [6, 6.07) is 13.9. The lowest BCUT2D eigenvalue weighted by atomic mass is 10.2. The summed E-state index contributed by atoms with van der Waals surface area (Å²) in [4.78, 5) is 12.0. The highest BCUT2D eigenvalue weighted by molar-refractivity contribution is 9.10. The second kappa shape index (κ2) is 7.38. The van der Waals surface area contributed by atoms with E-state index in [2.05, 4.69) is 26.5 Å². The fourth-order valence-electron chi connectivity index (χ4n) is 1.68. The van der Waals surface area contributed by atoms with Crippen molar-refractivity contribution in [1.29, 1.82) is 5.26 Å². The summed E-state index contributed by atoms with van der Waals surface area (Å²) >= 11 is 3.32. The van der Waals surface area contributed by atoms with E-state index >= 15 is 0 Å². The number of rotatable bonds is 4. The van der Waals surface area contributed by atoms with Crippen molar-refractivity contribution in [2.24, 2.45) is 5.10 Å². The van der Waals surface area contributed by atoms with Crippen LogP contribution in [0.3, 0.4) is 0 Å². The third-order valence-corrected chi connectivity index (χ3v) is 3.45. The van der Waals surface area contributed by atoms with Gasteiger partial charge in [0.2, 0.25) is 0 Å². The lowest BCUT2D eigenvalue weighted by Gasteiger charge is -2.05. The second-order valence-electron chi connectivity index (χ2n) is 4.28. The van der Waals surface area contributed by atoms with Crippen LogP contribution in [0, 0.1) is 11.3 Å². The standard InChI is InChI=1S/C16H12BrN3O2/c1-22-15-7-6-13(8-14(15)17)16(21)20-19-10-12-4-2-11(9-18)3-5-12/h2-8,10H,1H3,(H,20,21). The number of carbonyl (C=O) groups is 1. The van der Waals surface area contributed by atoms with Gasteiger partial charge in [-0.2, -0.15) is 10.4 Å². The van der Waals surface area contributed by atoms with Gasteiger partial charge in [-0.3, -0.25) is 4.79 Å². The van der Waals surface area contributed by atoms with Crippen LogP contribution in [0.4, 0.5) is 0 Å². The molecule has 6 heteroatoms. The molecule has 2 aromatic rings.